The van der Waals surface area contributed by atoms with E-state index in [-0.39, 0.29) is 0 Å². The van der Waals surface area contributed by atoms with Crippen LogP contribution in [0.5, 0.6) is 0 Å². The molecule has 84 valence electrons. The Morgan fingerprint density at radius 1 is 1.12 bits per heavy atom. The van der Waals surface area contributed by atoms with E-state index < -0.39 is 0 Å². The van der Waals surface area contributed by atoms with Gasteiger partial charge >= 0.3 is 0 Å². The van der Waals surface area contributed by atoms with E-state index in [9.17, 15) is 0 Å². The zero-order chi connectivity index (χ0) is 11.9. The van der Waals surface area contributed by atoms with E-state index in [1.807, 2.05) is 0 Å². The minimum Gasteiger partial charge on any atom is -0.252 e. The fourth-order valence-corrected chi connectivity index (χ4v) is 2.56. The number of pyridine rings is 1. The summed E-state index contributed by atoms with van der Waals surface area (Å²) in [5.74, 6) is 0.487. The van der Waals surface area contributed by atoms with Crippen molar-refractivity contribution < 1.29 is 0 Å². The van der Waals surface area contributed by atoms with Gasteiger partial charge in [-0.05, 0) is 65.6 Å². The maximum Gasteiger partial charge on any atom is 0.0718 e. The molecular weight excluding hydrogens is 309 g/mol. The Bertz CT molecular complexity index is 544. The van der Waals surface area contributed by atoms with Gasteiger partial charge in [0.2, 0.25) is 0 Å². The molecule has 2 rings (SSSR count). The summed E-state index contributed by atoms with van der Waals surface area (Å²) >= 11 is 2.34. The van der Waals surface area contributed by atoms with Gasteiger partial charge in [-0.3, -0.25) is 4.98 Å². The second kappa shape index (κ2) is 4.32. The number of hydrogen-bond acceptors (Lipinski definition) is 1. The van der Waals surface area contributed by atoms with Crippen molar-refractivity contribution in [2.24, 2.45) is 0 Å². The minimum absolute atomic E-state index is 0.487. The predicted molar refractivity (Wildman–Crippen MR) is 78.0 cm³/mol. The molecule has 0 aliphatic rings. The molecule has 0 amide bonds. The van der Waals surface area contributed by atoms with Gasteiger partial charge in [-0.15, -0.1) is 0 Å². The van der Waals surface area contributed by atoms with Crippen molar-refractivity contribution in [3.8, 4) is 0 Å². The zero-order valence-corrected chi connectivity index (χ0v) is 12.3. The highest BCUT2D eigenvalue weighted by Gasteiger charge is 2.11. The Labute approximate surface area is 110 Å². The standard InChI is InChI=1S/C14H16IN/c1-8(2)14-10(4)9(3)12-6-5-11(15)7-13(12)16-14/h5-8H,1-4H3. The molecule has 1 heterocycles. The first-order valence-corrected chi connectivity index (χ1v) is 6.65. The Morgan fingerprint density at radius 2 is 1.81 bits per heavy atom. The second-order valence-electron chi connectivity index (χ2n) is 4.56. The topological polar surface area (TPSA) is 12.9 Å². The lowest BCUT2D eigenvalue weighted by Crippen LogP contribution is -2.00. The third kappa shape index (κ3) is 1.95. The second-order valence-corrected chi connectivity index (χ2v) is 5.81. The average Bonchev–Trinajstić information content (AvgIpc) is 2.22. The molecule has 0 spiro atoms. The summed E-state index contributed by atoms with van der Waals surface area (Å²) in [4.78, 5) is 4.79. The largest absolute Gasteiger partial charge is 0.252 e. The Morgan fingerprint density at radius 3 is 2.44 bits per heavy atom. The van der Waals surface area contributed by atoms with Crippen molar-refractivity contribution in [3.63, 3.8) is 0 Å². The van der Waals surface area contributed by atoms with E-state index in [1.54, 1.807) is 0 Å². The molecule has 0 atom stereocenters. The SMILES string of the molecule is Cc1c(C(C)C)nc2cc(I)ccc2c1C. The lowest BCUT2D eigenvalue weighted by Gasteiger charge is -2.14. The maximum absolute atomic E-state index is 4.79. The highest BCUT2D eigenvalue weighted by Crippen LogP contribution is 2.27. The number of hydrogen-bond donors (Lipinski definition) is 0. The summed E-state index contributed by atoms with van der Waals surface area (Å²) in [5.41, 5.74) is 5.06. The van der Waals surface area contributed by atoms with Gasteiger partial charge < -0.3 is 0 Å². The molecule has 0 bridgehead atoms. The first kappa shape index (κ1) is 11.8. The fourth-order valence-electron chi connectivity index (χ4n) is 2.08. The summed E-state index contributed by atoms with van der Waals surface area (Å²) in [7, 11) is 0. The van der Waals surface area contributed by atoms with E-state index >= 15 is 0 Å². The van der Waals surface area contributed by atoms with Gasteiger partial charge in [-0.1, -0.05) is 19.9 Å². The average molecular weight is 325 g/mol. The van der Waals surface area contributed by atoms with Gasteiger partial charge in [0.25, 0.3) is 0 Å². The summed E-state index contributed by atoms with van der Waals surface area (Å²) in [6.45, 7) is 8.77. The van der Waals surface area contributed by atoms with Crippen LogP contribution in [-0.4, -0.2) is 4.98 Å². The monoisotopic (exact) mass is 325 g/mol. The number of rotatable bonds is 1. The van der Waals surface area contributed by atoms with Crippen molar-refractivity contribution >= 4 is 33.5 Å². The van der Waals surface area contributed by atoms with Gasteiger partial charge in [0.05, 0.1) is 5.52 Å². The third-order valence-corrected chi connectivity index (χ3v) is 3.77. The first-order valence-electron chi connectivity index (χ1n) is 5.57. The Balaban J connectivity index is 2.83. The normalized spacial score (nSPS) is 11.4. The van der Waals surface area contributed by atoms with Crippen LogP contribution in [-0.2, 0) is 0 Å². The summed E-state index contributed by atoms with van der Waals surface area (Å²) in [5, 5.41) is 1.28. The third-order valence-electron chi connectivity index (χ3n) is 3.10. The van der Waals surface area contributed by atoms with Crippen LogP contribution in [0.1, 0.15) is 36.6 Å². The molecule has 0 saturated carbocycles. The molecule has 0 saturated heterocycles. The van der Waals surface area contributed by atoms with Crippen LogP contribution in [0.4, 0.5) is 0 Å². The molecule has 1 nitrogen and oxygen atoms in total. The molecule has 1 aromatic heterocycles. The van der Waals surface area contributed by atoms with Crippen LogP contribution in [0.15, 0.2) is 18.2 Å². The molecule has 2 heteroatoms. The minimum atomic E-state index is 0.487. The van der Waals surface area contributed by atoms with Crippen molar-refractivity contribution in [1.82, 2.24) is 4.98 Å². The number of nitrogens with zero attached hydrogens (tertiary/aromatic N) is 1. The van der Waals surface area contributed by atoms with Gasteiger partial charge in [-0.2, -0.15) is 0 Å². The van der Waals surface area contributed by atoms with Gasteiger partial charge in [0, 0.05) is 14.7 Å². The molecular formula is C14H16IN. The fraction of sp³-hybridized carbons (Fsp3) is 0.357. The van der Waals surface area contributed by atoms with Crippen LogP contribution < -0.4 is 0 Å². The van der Waals surface area contributed by atoms with Crippen LogP contribution in [0.3, 0.4) is 0 Å². The smallest absolute Gasteiger partial charge is 0.0718 e. The van der Waals surface area contributed by atoms with E-state index in [2.05, 4.69) is 68.5 Å². The van der Waals surface area contributed by atoms with E-state index in [0.717, 1.165) is 5.52 Å². The van der Waals surface area contributed by atoms with E-state index in [0.29, 0.717) is 5.92 Å². The Kier molecular flexibility index (Phi) is 3.19. The molecule has 0 aliphatic carbocycles. The van der Waals surface area contributed by atoms with Gasteiger partial charge in [-0.25, -0.2) is 0 Å². The predicted octanol–water partition coefficient (Wildman–Crippen LogP) is 4.58. The molecule has 0 unspecified atom stereocenters. The lowest BCUT2D eigenvalue weighted by molar-refractivity contribution is 0.816. The molecule has 1 aromatic carbocycles. The summed E-state index contributed by atoms with van der Waals surface area (Å²) in [6.07, 6.45) is 0. The highest BCUT2D eigenvalue weighted by atomic mass is 127. The molecule has 2 aromatic rings. The van der Waals surface area contributed by atoms with Crippen molar-refractivity contribution in [2.75, 3.05) is 0 Å². The van der Waals surface area contributed by atoms with Crippen LogP contribution in [0, 0.1) is 17.4 Å². The maximum atomic E-state index is 4.79. The lowest BCUT2D eigenvalue weighted by atomic mass is 9.97. The van der Waals surface area contributed by atoms with Crippen LogP contribution in [0.2, 0.25) is 0 Å². The number of aromatic nitrogens is 1. The molecule has 0 fully saturated rings. The van der Waals surface area contributed by atoms with Crippen LogP contribution in [0.25, 0.3) is 10.9 Å². The molecule has 0 radical (unpaired) electrons. The van der Waals surface area contributed by atoms with Gasteiger partial charge in [0.15, 0.2) is 0 Å². The number of halogens is 1. The van der Waals surface area contributed by atoms with Crippen molar-refractivity contribution in [1.29, 1.82) is 0 Å². The van der Waals surface area contributed by atoms with Crippen molar-refractivity contribution in [3.05, 3.63) is 38.6 Å². The molecule has 16 heavy (non-hydrogen) atoms. The molecule has 0 aliphatic heterocycles. The number of aryl methyl sites for hydroxylation is 1. The molecule has 0 N–H and O–H groups in total. The number of benzene rings is 1. The summed E-state index contributed by atoms with van der Waals surface area (Å²) < 4.78 is 1.25. The number of fused-ring (bicyclic) bond motifs is 1. The van der Waals surface area contributed by atoms with Crippen LogP contribution >= 0.6 is 22.6 Å². The van der Waals surface area contributed by atoms with E-state index in [1.165, 1.54) is 25.8 Å². The quantitative estimate of drug-likeness (QED) is 0.700. The summed E-state index contributed by atoms with van der Waals surface area (Å²) in [6, 6.07) is 6.48. The van der Waals surface area contributed by atoms with E-state index in [4.69, 9.17) is 4.98 Å². The van der Waals surface area contributed by atoms with Gasteiger partial charge in [0.1, 0.15) is 0 Å². The van der Waals surface area contributed by atoms with Crippen molar-refractivity contribution in [2.45, 2.75) is 33.6 Å². The Hall–Kier alpha value is -0.640. The first-order chi connectivity index (χ1) is 7.50. The zero-order valence-electron chi connectivity index (χ0n) is 10.1. The highest BCUT2D eigenvalue weighted by molar-refractivity contribution is 14.1.